The number of rotatable bonds is 9. The molecule has 0 aliphatic rings. The third kappa shape index (κ3) is 5.44. The number of nitrogens with zero attached hydrogens (tertiary/aromatic N) is 2. The zero-order valence-electron chi connectivity index (χ0n) is 16.2. The van der Waals surface area contributed by atoms with Crippen LogP contribution in [0.1, 0.15) is 30.8 Å². The molecule has 0 saturated carbocycles. The first-order valence-corrected chi connectivity index (χ1v) is 10.4. The first kappa shape index (κ1) is 21.5. The molecule has 0 unspecified atom stereocenters. The molecule has 0 amide bonds. The molecule has 0 fully saturated rings. The molecule has 0 atom stereocenters. The molecule has 0 spiro atoms. The van der Waals surface area contributed by atoms with Crippen molar-refractivity contribution >= 4 is 35.4 Å². The van der Waals surface area contributed by atoms with Crippen LogP contribution in [0, 0.1) is 4.77 Å². The van der Waals surface area contributed by atoms with Gasteiger partial charge >= 0.3 is 0 Å². The van der Waals surface area contributed by atoms with Gasteiger partial charge in [0.1, 0.15) is 6.61 Å². The molecule has 29 heavy (non-hydrogen) atoms. The Morgan fingerprint density at radius 2 is 1.93 bits per heavy atom. The lowest BCUT2D eigenvalue weighted by Gasteiger charge is -2.16. The van der Waals surface area contributed by atoms with Gasteiger partial charge < -0.3 is 14.9 Å². The second-order valence-corrected chi connectivity index (χ2v) is 7.44. The summed E-state index contributed by atoms with van der Waals surface area (Å²) in [6, 6.07) is 11.2. The summed E-state index contributed by atoms with van der Waals surface area (Å²) in [6.07, 6.45) is 0.744. The van der Waals surface area contributed by atoms with Crippen LogP contribution in [-0.4, -0.2) is 21.5 Å². The summed E-state index contributed by atoms with van der Waals surface area (Å²) in [5, 5.41) is 8.20. The molecule has 1 aromatic heterocycles. The summed E-state index contributed by atoms with van der Waals surface area (Å²) < 4.78 is 14.0. The average Bonchev–Trinajstić information content (AvgIpc) is 3.06. The second-order valence-electron chi connectivity index (χ2n) is 6.21. The summed E-state index contributed by atoms with van der Waals surface area (Å²) in [5.74, 6) is 2.02. The van der Waals surface area contributed by atoms with Crippen LogP contribution in [0.2, 0.25) is 10.0 Å². The van der Waals surface area contributed by atoms with Crippen molar-refractivity contribution in [2.45, 2.75) is 33.4 Å². The molecule has 1 heterocycles. The zero-order chi connectivity index (χ0) is 20.8. The molecule has 6 nitrogen and oxygen atoms in total. The van der Waals surface area contributed by atoms with Gasteiger partial charge in [0.05, 0.1) is 13.2 Å². The molecule has 0 bridgehead atoms. The van der Waals surface area contributed by atoms with Crippen molar-refractivity contribution in [2.24, 2.45) is 0 Å². The quantitative estimate of drug-likeness (QED) is 0.417. The van der Waals surface area contributed by atoms with Crippen LogP contribution in [0.4, 0.5) is 0 Å². The monoisotopic (exact) mass is 452 g/mol. The minimum absolute atomic E-state index is 0.360. The Balaban J connectivity index is 1.78. The lowest BCUT2D eigenvalue weighted by Crippen LogP contribution is -2.17. The van der Waals surface area contributed by atoms with Crippen molar-refractivity contribution in [1.82, 2.24) is 14.9 Å². The van der Waals surface area contributed by atoms with Crippen LogP contribution in [0.5, 0.6) is 11.5 Å². The number of aromatic nitrogens is 3. The summed E-state index contributed by atoms with van der Waals surface area (Å²) in [7, 11) is 0. The number of H-pyrrole nitrogens is 1. The molecule has 2 aromatic carbocycles. The Morgan fingerprint density at radius 1 is 1.14 bits per heavy atom. The van der Waals surface area contributed by atoms with Crippen molar-refractivity contribution in [3.63, 3.8) is 0 Å². The van der Waals surface area contributed by atoms with E-state index in [4.69, 9.17) is 44.9 Å². The van der Waals surface area contributed by atoms with E-state index in [1.54, 1.807) is 10.7 Å². The van der Waals surface area contributed by atoms with Gasteiger partial charge in [0.25, 0.3) is 0 Å². The first-order valence-electron chi connectivity index (χ1n) is 9.24. The summed E-state index contributed by atoms with van der Waals surface area (Å²) in [5.41, 5.74) is 5.06. The van der Waals surface area contributed by atoms with E-state index in [1.807, 2.05) is 44.2 Å². The van der Waals surface area contributed by atoms with Gasteiger partial charge in [-0.1, -0.05) is 42.3 Å². The van der Waals surface area contributed by atoms with Crippen LogP contribution >= 0.6 is 35.4 Å². The number of benzene rings is 2. The lowest BCUT2D eigenvalue weighted by molar-refractivity contribution is 0.269. The van der Waals surface area contributed by atoms with E-state index in [1.165, 1.54) is 0 Å². The summed E-state index contributed by atoms with van der Waals surface area (Å²) >= 11 is 17.8. The van der Waals surface area contributed by atoms with E-state index in [9.17, 15) is 0 Å². The van der Waals surface area contributed by atoms with Crippen molar-refractivity contribution in [3.05, 3.63) is 68.2 Å². The first-order chi connectivity index (χ1) is 14.0. The van der Waals surface area contributed by atoms with Crippen LogP contribution < -0.4 is 14.9 Å². The van der Waals surface area contributed by atoms with Crippen LogP contribution in [-0.2, 0) is 19.6 Å². The Labute approximate surface area is 184 Å². The van der Waals surface area contributed by atoms with Crippen LogP contribution in [0.25, 0.3) is 0 Å². The summed E-state index contributed by atoms with van der Waals surface area (Å²) in [4.78, 5) is 0. The molecule has 9 heteroatoms. The smallest absolute Gasteiger partial charge is 0.214 e. The molecular formula is C20H22Cl2N4O2S. The van der Waals surface area contributed by atoms with Gasteiger partial charge in [-0.2, -0.15) is 5.10 Å². The minimum Gasteiger partial charge on any atom is -0.490 e. The van der Waals surface area contributed by atoms with Crippen molar-refractivity contribution < 1.29 is 9.47 Å². The highest BCUT2D eigenvalue weighted by Crippen LogP contribution is 2.34. The fourth-order valence-electron chi connectivity index (χ4n) is 2.78. The Kier molecular flexibility index (Phi) is 7.41. The highest BCUT2D eigenvalue weighted by molar-refractivity contribution is 7.71. The number of ether oxygens (including phenoxy) is 2. The molecule has 3 aromatic rings. The predicted octanol–water partition coefficient (Wildman–Crippen LogP) is 5.53. The molecule has 0 aliphatic carbocycles. The standard InChI is InChI=1S/C20H22Cl2N4O2S/c1-3-19-24-25-20(29)26(19)23-11-14-9-17(27-4-2)18(10-16(14)22)28-12-13-6-5-7-15(21)8-13/h5-10,23H,3-4,11-12H2,1-2H3,(H,25,29). The van der Waals surface area contributed by atoms with E-state index in [0.29, 0.717) is 46.1 Å². The highest BCUT2D eigenvalue weighted by Gasteiger charge is 2.13. The van der Waals surface area contributed by atoms with Gasteiger partial charge in [0.15, 0.2) is 17.3 Å². The normalized spacial score (nSPS) is 10.8. The topological polar surface area (TPSA) is 64.1 Å². The second kappa shape index (κ2) is 10.0. The van der Waals surface area contributed by atoms with Gasteiger partial charge in [-0.3, -0.25) is 5.10 Å². The van der Waals surface area contributed by atoms with Crippen molar-refractivity contribution in [2.75, 3.05) is 12.0 Å². The number of nitrogens with one attached hydrogen (secondary N) is 2. The van der Waals surface area contributed by atoms with E-state index in [-0.39, 0.29) is 0 Å². The molecule has 0 saturated heterocycles. The number of hydrogen-bond donors (Lipinski definition) is 2. The number of aryl methyl sites for hydroxylation is 1. The number of halogens is 2. The molecule has 154 valence electrons. The largest absolute Gasteiger partial charge is 0.490 e. The molecular weight excluding hydrogens is 431 g/mol. The van der Waals surface area contributed by atoms with Gasteiger partial charge in [-0.05, 0) is 48.5 Å². The maximum Gasteiger partial charge on any atom is 0.214 e. The minimum atomic E-state index is 0.360. The van der Waals surface area contributed by atoms with Crippen molar-refractivity contribution in [1.29, 1.82) is 0 Å². The molecule has 0 aliphatic heterocycles. The molecule has 0 radical (unpaired) electrons. The van der Waals surface area contributed by atoms with E-state index in [2.05, 4.69) is 15.6 Å². The fraction of sp³-hybridized carbons (Fsp3) is 0.300. The van der Waals surface area contributed by atoms with Crippen molar-refractivity contribution in [3.8, 4) is 11.5 Å². The van der Waals surface area contributed by atoms with Gasteiger partial charge in [0.2, 0.25) is 4.77 Å². The number of aromatic amines is 1. The van der Waals surface area contributed by atoms with E-state index < -0.39 is 0 Å². The van der Waals surface area contributed by atoms with Gasteiger partial charge in [-0.25, -0.2) is 4.68 Å². The molecule has 2 N–H and O–H groups in total. The maximum atomic E-state index is 6.51. The van der Waals surface area contributed by atoms with Crippen LogP contribution in [0.15, 0.2) is 36.4 Å². The Hall–Kier alpha value is -2.22. The van der Waals surface area contributed by atoms with Gasteiger partial charge in [-0.15, -0.1) is 0 Å². The SMILES string of the molecule is CCOc1cc(CNn2c(CC)n[nH]c2=S)c(Cl)cc1OCc1cccc(Cl)c1. The molecule has 3 rings (SSSR count). The Morgan fingerprint density at radius 3 is 2.66 bits per heavy atom. The fourth-order valence-corrected chi connectivity index (χ4v) is 3.42. The highest BCUT2D eigenvalue weighted by atomic mass is 35.5. The zero-order valence-corrected chi connectivity index (χ0v) is 18.5. The van der Waals surface area contributed by atoms with E-state index in [0.717, 1.165) is 23.4 Å². The predicted molar refractivity (Wildman–Crippen MR) is 118 cm³/mol. The Bertz CT molecular complexity index is 1040. The third-order valence-corrected chi connectivity index (χ3v) is 5.04. The van der Waals surface area contributed by atoms with E-state index >= 15 is 0 Å². The van der Waals surface area contributed by atoms with Gasteiger partial charge in [0, 0.05) is 22.5 Å². The average molecular weight is 453 g/mol. The third-order valence-electron chi connectivity index (χ3n) is 4.18. The lowest BCUT2D eigenvalue weighted by atomic mass is 10.2. The van der Waals surface area contributed by atoms with Crippen LogP contribution in [0.3, 0.4) is 0 Å². The summed E-state index contributed by atoms with van der Waals surface area (Å²) in [6.45, 7) is 5.25. The number of hydrogen-bond acceptors (Lipinski definition) is 5. The maximum absolute atomic E-state index is 6.51.